The SMILES string of the molecule is O=C(c1ccccc1)c1ccccc1N[C@@H](Cc1ccc(OCCN(Cc2ccccc2)c2cccc(F)c2)cc1)C(=O)O. The Kier molecular flexibility index (Phi) is 10.0. The Labute approximate surface area is 256 Å². The van der Waals surface area contributed by atoms with Gasteiger partial charge in [-0.15, -0.1) is 0 Å². The third kappa shape index (κ3) is 8.10. The number of carboxylic acids is 1. The zero-order valence-electron chi connectivity index (χ0n) is 24.1. The molecule has 0 heterocycles. The average molecular weight is 589 g/mol. The van der Waals surface area contributed by atoms with Crippen molar-refractivity contribution in [2.75, 3.05) is 23.4 Å². The number of hydrogen-bond donors (Lipinski definition) is 2. The predicted molar refractivity (Wildman–Crippen MR) is 171 cm³/mol. The molecule has 7 heteroatoms. The molecule has 5 rings (SSSR count). The molecular formula is C37H33FN2O4. The van der Waals surface area contributed by atoms with Gasteiger partial charge in [0.2, 0.25) is 0 Å². The van der Waals surface area contributed by atoms with Crippen molar-refractivity contribution < 1.29 is 23.8 Å². The molecule has 0 radical (unpaired) electrons. The highest BCUT2D eigenvalue weighted by Crippen LogP contribution is 2.23. The second-order valence-electron chi connectivity index (χ2n) is 10.4. The number of anilines is 2. The molecule has 2 N–H and O–H groups in total. The first-order chi connectivity index (χ1) is 21.5. The van der Waals surface area contributed by atoms with Gasteiger partial charge in [0.25, 0.3) is 0 Å². The maximum absolute atomic E-state index is 14.0. The number of para-hydroxylation sites is 1. The largest absolute Gasteiger partial charge is 0.492 e. The fourth-order valence-electron chi connectivity index (χ4n) is 4.95. The van der Waals surface area contributed by atoms with E-state index in [1.54, 1.807) is 54.6 Å². The summed E-state index contributed by atoms with van der Waals surface area (Å²) in [5.74, 6) is -0.856. The maximum atomic E-state index is 14.0. The average Bonchev–Trinajstić information content (AvgIpc) is 3.05. The number of carbonyl (C=O) groups is 2. The Morgan fingerprint density at radius 3 is 2.16 bits per heavy atom. The summed E-state index contributed by atoms with van der Waals surface area (Å²) in [4.78, 5) is 27.4. The molecule has 0 fully saturated rings. The normalized spacial score (nSPS) is 11.4. The quantitative estimate of drug-likeness (QED) is 0.133. The molecule has 0 spiro atoms. The monoisotopic (exact) mass is 588 g/mol. The van der Waals surface area contributed by atoms with Crippen molar-refractivity contribution in [3.63, 3.8) is 0 Å². The molecule has 0 aromatic heterocycles. The van der Waals surface area contributed by atoms with Crippen molar-refractivity contribution in [1.82, 2.24) is 0 Å². The fraction of sp³-hybridized carbons (Fsp3) is 0.135. The fourth-order valence-corrected chi connectivity index (χ4v) is 4.95. The van der Waals surface area contributed by atoms with Crippen LogP contribution in [0.4, 0.5) is 15.8 Å². The van der Waals surface area contributed by atoms with Crippen molar-refractivity contribution in [3.05, 3.63) is 162 Å². The van der Waals surface area contributed by atoms with Gasteiger partial charge in [-0.25, -0.2) is 9.18 Å². The number of carbonyl (C=O) groups excluding carboxylic acids is 1. The second-order valence-corrected chi connectivity index (χ2v) is 10.4. The third-order valence-corrected chi connectivity index (χ3v) is 7.22. The van der Waals surface area contributed by atoms with Crippen LogP contribution in [0.15, 0.2) is 133 Å². The molecule has 44 heavy (non-hydrogen) atoms. The summed E-state index contributed by atoms with van der Waals surface area (Å²) in [5, 5.41) is 13.0. The molecule has 1 atom stereocenters. The first kappa shape index (κ1) is 30.0. The maximum Gasteiger partial charge on any atom is 0.326 e. The topological polar surface area (TPSA) is 78.9 Å². The molecule has 6 nitrogen and oxygen atoms in total. The molecule has 0 aliphatic rings. The van der Waals surface area contributed by atoms with E-state index in [1.807, 2.05) is 66.7 Å². The number of halogens is 1. The van der Waals surface area contributed by atoms with E-state index in [1.165, 1.54) is 12.1 Å². The van der Waals surface area contributed by atoms with E-state index < -0.39 is 12.0 Å². The summed E-state index contributed by atoms with van der Waals surface area (Å²) >= 11 is 0. The number of nitrogens with one attached hydrogen (secondary N) is 1. The molecule has 0 saturated carbocycles. The molecular weight excluding hydrogens is 555 g/mol. The van der Waals surface area contributed by atoms with Crippen LogP contribution in [0.2, 0.25) is 0 Å². The minimum Gasteiger partial charge on any atom is -0.492 e. The molecule has 5 aromatic carbocycles. The standard InChI is InChI=1S/C37H33FN2O4/c38-30-14-9-15-31(25-30)40(26-28-10-3-1-4-11-28)22-23-44-32-20-18-27(19-21-32)24-35(37(42)43)39-34-17-8-7-16-33(34)36(41)29-12-5-2-6-13-29/h1-21,25,35,39H,22-24,26H2,(H,42,43)/t35-/m0/s1. The summed E-state index contributed by atoms with van der Waals surface area (Å²) < 4.78 is 20.0. The van der Waals surface area contributed by atoms with Crippen LogP contribution in [0.1, 0.15) is 27.0 Å². The van der Waals surface area contributed by atoms with Gasteiger partial charge in [-0.3, -0.25) is 4.79 Å². The Morgan fingerprint density at radius 1 is 0.773 bits per heavy atom. The zero-order chi connectivity index (χ0) is 30.7. The summed E-state index contributed by atoms with van der Waals surface area (Å²) in [6, 6.07) is 38.7. The number of nitrogens with zero attached hydrogens (tertiary/aromatic N) is 1. The van der Waals surface area contributed by atoms with Gasteiger partial charge in [-0.2, -0.15) is 0 Å². The highest BCUT2D eigenvalue weighted by atomic mass is 19.1. The summed E-state index contributed by atoms with van der Waals surface area (Å²) in [7, 11) is 0. The highest BCUT2D eigenvalue weighted by Gasteiger charge is 2.21. The lowest BCUT2D eigenvalue weighted by Crippen LogP contribution is -2.32. The number of aliphatic carboxylic acids is 1. The van der Waals surface area contributed by atoms with Crippen molar-refractivity contribution >= 4 is 23.1 Å². The van der Waals surface area contributed by atoms with Crippen LogP contribution in [0, 0.1) is 5.82 Å². The van der Waals surface area contributed by atoms with Gasteiger partial charge < -0.3 is 20.1 Å². The van der Waals surface area contributed by atoms with Crippen LogP contribution in [0.3, 0.4) is 0 Å². The molecule has 0 aliphatic carbocycles. The van der Waals surface area contributed by atoms with Crippen LogP contribution >= 0.6 is 0 Å². The van der Waals surface area contributed by atoms with Gasteiger partial charge in [0, 0.05) is 35.5 Å². The summed E-state index contributed by atoms with van der Waals surface area (Å²) in [6.07, 6.45) is 0.202. The van der Waals surface area contributed by atoms with Crippen LogP contribution < -0.4 is 15.0 Å². The van der Waals surface area contributed by atoms with Gasteiger partial charge in [-0.05, 0) is 53.6 Å². The van der Waals surface area contributed by atoms with Gasteiger partial charge in [0.15, 0.2) is 5.78 Å². The molecule has 222 valence electrons. The van der Waals surface area contributed by atoms with Crippen LogP contribution in [-0.4, -0.2) is 36.1 Å². The lowest BCUT2D eigenvalue weighted by Gasteiger charge is -2.25. The number of ether oxygens (including phenoxy) is 1. The van der Waals surface area contributed by atoms with Crippen molar-refractivity contribution in [3.8, 4) is 5.75 Å². The van der Waals surface area contributed by atoms with Crippen LogP contribution in [0.5, 0.6) is 5.75 Å². The molecule has 0 aliphatic heterocycles. The highest BCUT2D eigenvalue weighted by molar-refractivity contribution is 6.12. The first-order valence-electron chi connectivity index (χ1n) is 14.4. The number of rotatable bonds is 14. The Balaban J connectivity index is 1.21. The van der Waals surface area contributed by atoms with E-state index >= 15 is 0 Å². The molecule has 0 bridgehead atoms. The van der Waals surface area contributed by atoms with Gasteiger partial charge in [-0.1, -0.05) is 91.0 Å². The predicted octanol–water partition coefficient (Wildman–Crippen LogP) is 7.25. The Bertz CT molecular complexity index is 1680. The van der Waals surface area contributed by atoms with E-state index in [0.29, 0.717) is 42.3 Å². The zero-order valence-corrected chi connectivity index (χ0v) is 24.1. The van der Waals surface area contributed by atoms with Crippen molar-refractivity contribution in [2.45, 2.75) is 19.0 Å². The van der Waals surface area contributed by atoms with Crippen molar-refractivity contribution in [2.24, 2.45) is 0 Å². The minimum atomic E-state index is -1.02. The lowest BCUT2D eigenvalue weighted by molar-refractivity contribution is -0.137. The van der Waals surface area contributed by atoms with E-state index in [4.69, 9.17) is 4.74 Å². The van der Waals surface area contributed by atoms with Crippen molar-refractivity contribution in [1.29, 1.82) is 0 Å². The van der Waals surface area contributed by atoms with E-state index in [-0.39, 0.29) is 18.0 Å². The molecule has 0 amide bonds. The number of hydrogen-bond acceptors (Lipinski definition) is 5. The minimum absolute atomic E-state index is 0.181. The van der Waals surface area contributed by atoms with Gasteiger partial charge in [0.05, 0.1) is 6.54 Å². The first-order valence-corrected chi connectivity index (χ1v) is 14.4. The third-order valence-electron chi connectivity index (χ3n) is 7.22. The second kappa shape index (κ2) is 14.6. The lowest BCUT2D eigenvalue weighted by atomic mass is 10.00. The van der Waals surface area contributed by atoms with E-state index in [2.05, 4.69) is 10.2 Å². The van der Waals surface area contributed by atoms with E-state index in [9.17, 15) is 19.1 Å². The Hall–Kier alpha value is -5.43. The molecule has 0 unspecified atom stereocenters. The molecule has 0 saturated heterocycles. The van der Waals surface area contributed by atoms with Crippen LogP contribution in [-0.2, 0) is 17.8 Å². The number of benzene rings is 5. The number of carboxylic acid groups (broad SMARTS) is 1. The van der Waals surface area contributed by atoms with Gasteiger partial charge >= 0.3 is 5.97 Å². The van der Waals surface area contributed by atoms with E-state index in [0.717, 1.165) is 16.8 Å². The Morgan fingerprint density at radius 2 is 1.45 bits per heavy atom. The molecule has 5 aromatic rings. The summed E-state index contributed by atoms with van der Waals surface area (Å²) in [5.41, 5.74) is 4.08. The number of ketones is 1. The van der Waals surface area contributed by atoms with Gasteiger partial charge in [0.1, 0.15) is 24.2 Å². The summed E-state index contributed by atoms with van der Waals surface area (Å²) in [6.45, 7) is 1.51. The van der Waals surface area contributed by atoms with Crippen LogP contribution in [0.25, 0.3) is 0 Å². The smallest absolute Gasteiger partial charge is 0.326 e.